The van der Waals surface area contributed by atoms with E-state index in [4.69, 9.17) is 5.41 Å². The van der Waals surface area contributed by atoms with Crippen LogP contribution in [0.1, 0.15) is 34.7 Å². The van der Waals surface area contributed by atoms with Crippen LogP contribution < -0.4 is 0 Å². The molecule has 0 unspecified atom stereocenters. The molecule has 0 aliphatic rings. The first-order valence-electron chi connectivity index (χ1n) is 5.36. The summed E-state index contributed by atoms with van der Waals surface area (Å²) in [5, 5.41) is 16.4. The van der Waals surface area contributed by atoms with Crippen LogP contribution in [0.25, 0.3) is 0 Å². The van der Waals surface area contributed by atoms with Crippen molar-refractivity contribution in [3.05, 3.63) is 33.9 Å². The number of hydrogen-bond donors (Lipinski definition) is 2. The second kappa shape index (κ2) is 5.08. The van der Waals surface area contributed by atoms with Gasteiger partial charge in [0, 0.05) is 6.42 Å². The summed E-state index contributed by atoms with van der Waals surface area (Å²) in [5.74, 6) is 0. The number of nitrogens with one attached hydrogen (secondary N) is 1. The lowest BCUT2D eigenvalue weighted by Crippen LogP contribution is -2.03. The van der Waals surface area contributed by atoms with Crippen molar-refractivity contribution in [3.8, 4) is 0 Å². The molecular formula is C13H19NO. The number of hydrogen-bond acceptors (Lipinski definition) is 2. The zero-order chi connectivity index (χ0) is 11.4. The molecule has 1 aromatic carbocycles. The number of aliphatic hydroxyl groups excluding tert-OH is 1. The molecule has 0 aliphatic carbocycles. The first-order valence-corrected chi connectivity index (χ1v) is 5.36. The highest BCUT2D eigenvalue weighted by Gasteiger charge is 2.09. The predicted octanol–water partition coefficient (Wildman–Crippen LogP) is 2.55. The summed E-state index contributed by atoms with van der Waals surface area (Å²) < 4.78 is 0. The zero-order valence-electron chi connectivity index (χ0n) is 9.72. The van der Waals surface area contributed by atoms with Gasteiger partial charge in [-0.3, -0.25) is 0 Å². The summed E-state index contributed by atoms with van der Waals surface area (Å²) in [6.45, 7) is 6.39. The molecular weight excluding hydrogens is 186 g/mol. The Bertz CT molecular complexity index is 369. The Labute approximate surface area is 91.5 Å². The van der Waals surface area contributed by atoms with Crippen LogP contribution in [-0.2, 0) is 19.4 Å². The van der Waals surface area contributed by atoms with E-state index in [1.165, 1.54) is 22.9 Å². The number of aliphatic hydroxyl groups is 1. The van der Waals surface area contributed by atoms with Gasteiger partial charge in [0.2, 0.25) is 0 Å². The summed E-state index contributed by atoms with van der Waals surface area (Å²) in [7, 11) is 0. The second-order valence-electron chi connectivity index (χ2n) is 3.84. The molecule has 0 fully saturated rings. The van der Waals surface area contributed by atoms with E-state index in [-0.39, 0.29) is 6.61 Å². The molecule has 1 aromatic rings. The fourth-order valence-electron chi connectivity index (χ4n) is 2.07. The van der Waals surface area contributed by atoms with Crippen molar-refractivity contribution in [2.75, 3.05) is 0 Å². The molecule has 0 bridgehead atoms. The van der Waals surface area contributed by atoms with Gasteiger partial charge in [0.1, 0.15) is 0 Å². The van der Waals surface area contributed by atoms with Gasteiger partial charge in [0.15, 0.2) is 0 Å². The average molecular weight is 205 g/mol. The van der Waals surface area contributed by atoms with E-state index in [1.54, 1.807) is 0 Å². The summed E-state index contributed by atoms with van der Waals surface area (Å²) in [5.41, 5.74) is 5.94. The van der Waals surface area contributed by atoms with Gasteiger partial charge in [-0.15, -0.1) is 0 Å². The Morgan fingerprint density at radius 1 is 1.27 bits per heavy atom. The van der Waals surface area contributed by atoms with E-state index in [9.17, 15) is 5.11 Å². The van der Waals surface area contributed by atoms with Gasteiger partial charge in [-0.2, -0.15) is 0 Å². The third-order valence-corrected chi connectivity index (χ3v) is 3.08. The van der Waals surface area contributed by atoms with Crippen LogP contribution in [-0.4, -0.2) is 11.3 Å². The summed E-state index contributed by atoms with van der Waals surface area (Å²) in [6.07, 6.45) is 3.02. The Balaban J connectivity index is 3.35. The minimum absolute atomic E-state index is 0.0926. The Morgan fingerprint density at radius 2 is 1.93 bits per heavy atom. The molecule has 2 nitrogen and oxygen atoms in total. The average Bonchev–Trinajstić information content (AvgIpc) is 2.24. The zero-order valence-corrected chi connectivity index (χ0v) is 9.72. The van der Waals surface area contributed by atoms with Crippen molar-refractivity contribution in [3.63, 3.8) is 0 Å². The molecule has 2 heteroatoms. The molecule has 0 aromatic heterocycles. The maximum atomic E-state index is 9.30. The van der Waals surface area contributed by atoms with Crippen LogP contribution in [0.3, 0.4) is 0 Å². The molecule has 0 atom stereocenters. The minimum Gasteiger partial charge on any atom is -0.392 e. The normalized spacial score (nSPS) is 10.4. The summed E-state index contributed by atoms with van der Waals surface area (Å²) in [6, 6.07) is 2.03. The fraction of sp³-hybridized carbons (Fsp3) is 0.462. The predicted molar refractivity (Wildman–Crippen MR) is 63.7 cm³/mol. The molecule has 0 heterocycles. The lowest BCUT2D eigenvalue weighted by atomic mass is 9.91. The Hall–Kier alpha value is -1.15. The van der Waals surface area contributed by atoms with Gasteiger partial charge in [0.25, 0.3) is 0 Å². The minimum atomic E-state index is 0.0926. The molecule has 0 amide bonds. The molecule has 1 rings (SSSR count). The molecule has 0 saturated carbocycles. The molecule has 0 saturated heterocycles. The smallest absolute Gasteiger partial charge is 0.0684 e. The monoisotopic (exact) mass is 205 g/mol. The Morgan fingerprint density at radius 3 is 2.40 bits per heavy atom. The Kier molecular flexibility index (Phi) is 4.04. The van der Waals surface area contributed by atoms with Crippen LogP contribution in [0, 0.1) is 19.3 Å². The van der Waals surface area contributed by atoms with Gasteiger partial charge < -0.3 is 10.5 Å². The van der Waals surface area contributed by atoms with Crippen molar-refractivity contribution >= 4 is 6.21 Å². The summed E-state index contributed by atoms with van der Waals surface area (Å²) in [4.78, 5) is 0. The fourth-order valence-corrected chi connectivity index (χ4v) is 2.07. The van der Waals surface area contributed by atoms with Crippen LogP contribution in [0.5, 0.6) is 0 Å². The first-order chi connectivity index (χ1) is 7.15. The van der Waals surface area contributed by atoms with Gasteiger partial charge in [0.05, 0.1) is 6.61 Å². The summed E-state index contributed by atoms with van der Waals surface area (Å²) >= 11 is 0. The molecule has 0 aliphatic heterocycles. The maximum absolute atomic E-state index is 9.30. The highest BCUT2D eigenvalue weighted by atomic mass is 16.3. The first kappa shape index (κ1) is 11.9. The van der Waals surface area contributed by atoms with Crippen molar-refractivity contribution < 1.29 is 5.11 Å². The number of benzene rings is 1. The van der Waals surface area contributed by atoms with Gasteiger partial charge >= 0.3 is 0 Å². The topological polar surface area (TPSA) is 44.1 Å². The molecule has 2 N–H and O–H groups in total. The quantitative estimate of drug-likeness (QED) is 0.729. The van der Waals surface area contributed by atoms with E-state index >= 15 is 0 Å². The van der Waals surface area contributed by atoms with Crippen molar-refractivity contribution in [1.82, 2.24) is 0 Å². The van der Waals surface area contributed by atoms with Crippen molar-refractivity contribution in [2.45, 2.75) is 40.2 Å². The molecule has 15 heavy (non-hydrogen) atoms. The number of rotatable bonds is 4. The van der Waals surface area contributed by atoms with Crippen LogP contribution in [0.15, 0.2) is 6.07 Å². The molecule has 0 spiro atoms. The van der Waals surface area contributed by atoms with Crippen molar-refractivity contribution in [1.29, 1.82) is 5.41 Å². The van der Waals surface area contributed by atoms with Crippen LogP contribution in [0.2, 0.25) is 0 Å². The standard InChI is InChI=1S/C13H19NO/c1-4-13-10(3)9(2)11(5-6-14)7-12(13)8-15/h6-7,14-15H,4-5,8H2,1-3H3. The highest BCUT2D eigenvalue weighted by Crippen LogP contribution is 2.23. The largest absolute Gasteiger partial charge is 0.392 e. The van der Waals surface area contributed by atoms with E-state index in [0.717, 1.165) is 17.5 Å². The molecule has 0 radical (unpaired) electrons. The SMILES string of the molecule is CCc1c(CO)cc(CC=N)c(C)c1C. The van der Waals surface area contributed by atoms with Crippen molar-refractivity contribution in [2.24, 2.45) is 0 Å². The second-order valence-corrected chi connectivity index (χ2v) is 3.84. The maximum Gasteiger partial charge on any atom is 0.0684 e. The lowest BCUT2D eigenvalue weighted by Gasteiger charge is -2.15. The highest BCUT2D eigenvalue weighted by molar-refractivity contribution is 5.60. The van der Waals surface area contributed by atoms with Crippen LogP contribution in [0.4, 0.5) is 0 Å². The van der Waals surface area contributed by atoms with Crippen LogP contribution >= 0.6 is 0 Å². The van der Waals surface area contributed by atoms with Gasteiger partial charge in [-0.1, -0.05) is 13.0 Å². The van der Waals surface area contributed by atoms with E-state index < -0.39 is 0 Å². The van der Waals surface area contributed by atoms with Gasteiger partial charge in [-0.05, 0) is 54.3 Å². The third-order valence-electron chi connectivity index (χ3n) is 3.08. The molecule has 82 valence electrons. The van der Waals surface area contributed by atoms with E-state index in [0.29, 0.717) is 6.42 Å². The van der Waals surface area contributed by atoms with E-state index in [2.05, 4.69) is 20.8 Å². The van der Waals surface area contributed by atoms with Gasteiger partial charge in [-0.25, -0.2) is 0 Å². The van der Waals surface area contributed by atoms with E-state index in [1.807, 2.05) is 6.07 Å². The third kappa shape index (κ3) is 2.26. The lowest BCUT2D eigenvalue weighted by molar-refractivity contribution is 0.280.